The maximum Gasteiger partial charge on any atom is 0.161 e. The monoisotopic (exact) mass is 313 g/mol. The maximum atomic E-state index is 8.59. The summed E-state index contributed by atoms with van der Waals surface area (Å²) in [7, 11) is 0. The summed E-state index contributed by atoms with van der Waals surface area (Å²) in [6.45, 7) is 2.82. The number of hydrogen-bond donors (Lipinski definition) is 0. The molecule has 0 aliphatic carbocycles. The lowest BCUT2D eigenvalue weighted by atomic mass is 10.2. The fraction of sp³-hybridized carbons (Fsp3) is 0.167. The summed E-state index contributed by atoms with van der Waals surface area (Å²) in [5.74, 6) is 1.30. The third-order valence-electron chi connectivity index (χ3n) is 2.96. The summed E-state index contributed by atoms with van der Waals surface area (Å²) < 4.78 is 11.4. The highest BCUT2D eigenvalue weighted by Gasteiger charge is 2.07. The largest absolute Gasteiger partial charge is 0.490 e. The molecule has 0 radical (unpaired) electrons. The van der Waals surface area contributed by atoms with Gasteiger partial charge in [0.2, 0.25) is 0 Å². The zero-order valence-electron chi connectivity index (χ0n) is 12.3. The molecule has 2 aromatic carbocycles. The number of hydrogen-bond acceptors (Lipinski definition) is 3. The van der Waals surface area contributed by atoms with Gasteiger partial charge in [0.1, 0.15) is 6.61 Å². The first-order valence-electron chi connectivity index (χ1n) is 6.93. The zero-order chi connectivity index (χ0) is 15.8. The summed E-state index contributed by atoms with van der Waals surface area (Å²) >= 11 is 6.12. The van der Waals surface area contributed by atoms with Crippen LogP contribution in [0.15, 0.2) is 48.5 Å². The molecule has 0 saturated carbocycles. The first-order chi connectivity index (χ1) is 10.7. The van der Waals surface area contributed by atoms with E-state index in [1.807, 2.05) is 55.5 Å². The van der Waals surface area contributed by atoms with Crippen LogP contribution in [0, 0.1) is 11.3 Å². The highest BCUT2D eigenvalue weighted by Crippen LogP contribution is 2.30. The number of nitriles is 1. The third kappa shape index (κ3) is 4.28. The van der Waals surface area contributed by atoms with Crippen molar-refractivity contribution in [1.29, 1.82) is 5.26 Å². The zero-order valence-corrected chi connectivity index (χ0v) is 13.0. The van der Waals surface area contributed by atoms with Gasteiger partial charge in [0.25, 0.3) is 0 Å². The van der Waals surface area contributed by atoms with Crippen LogP contribution in [0.3, 0.4) is 0 Å². The fourth-order valence-electron chi connectivity index (χ4n) is 1.92. The van der Waals surface area contributed by atoms with Crippen LogP contribution in [0.2, 0.25) is 5.02 Å². The van der Waals surface area contributed by atoms with Gasteiger partial charge in [0.15, 0.2) is 11.5 Å². The Morgan fingerprint density at radius 2 is 1.95 bits per heavy atom. The molecule has 0 heterocycles. The number of benzene rings is 2. The van der Waals surface area contributed by atoms with Crippen LogP contribution in [-0.4, -0.2) is 6.61 Å². The first kappa shape index (κ1) is 15.9. The molecule has 22 heavy (non-hydrogen) atoms. The number of allylic oxidation sites excluding steroid dienone is 1. The molecule has 0 aliphatic heterocycles. The Balaban J connectivity index is 2.17. The molecule has 0 bridgehead atoms. The van der Waals surface area contributed by atoms with Gasteiger partial charge in [0.05, 0.1) is 12.7 Å². The van der Waals surface area contributed by atoms with E-state index in [0.717, 1.165) is 11.1 Å². The summed E-state index contributed by atoms with van der Waals surface area (Å²) in [5, 5.41) is 9.26. The topological polar surface area (TPSA) is 42.2 Å². The summed E-state index contributed by atoms with van der Waals surface area (Å²) in [6.07, 6.45) is 3.15. The molecular weight excluding hydrogens is 298 g/mol. The van der Waals surface area contributed by atoms with Crippen molar-refractivity contribution in [2.45, 2.75) is 13.5 Å². The van der Waals surface area contributed by atoms with Gasteiger partial charge < -0.3 is 9.47 Å². The van der Waals surface area contributed by atoms with Gasteiger partial charge in [-0.05, 0) is 36.8 Å². The number of halogens is 1. The molecule has 4 heteroatoms. The van der Waals surface area contributed by atoms with Crippen LogP contribution in [0.1, 0.15) is 18.1 Å². The Labute approximate surface area is 135 Å². The number of ether oxygens (including phenoxy) is 2. The SMILES string of the molecule is CCOc1cc(/C=C/C#N)ccc1OCc1ccccc1Cl. The van der Waals surface area contributed by atoms with Crippen LogP contribution >= 0.6 is 11.6 Å². The molecule has 3 nitrogen and oxygen atoms in total. The second-order valence-electron chi connectivity index (χ2n) is 4.48. The van der Waals surface area contributed by atoms with Crippen LogP contribution in [0.5, 0.6) is 11.5 Å². The minimum atomic E-state index is 0.368. The van der Waals surface area contributed by atoms with E-state index in [1.165, 1.54) is 6.08 Å². The number of nitrogens with zero attached hydrogens (tertiary/aromatic N) is 1. The van der Waals surface area contributed by atoms with Crippen molar-refractivity contribution in [3.63, 3.8) is 0 Å². The van der Waals surface area contributed by atoms with E-state index in [9.17, 15) is 0 Å². The lowest BCUT2D eigenvalue weighted by Crippen LogP contribution is -2.00. The van der Waals surface area contributed by atoms with Gasteiger partial charge >= 0.3 is 0 Å². The van der Waals surface area contributed by atoms with Crippen molar-refractivity contribution < 1.29 is 9.47 Å². The third-order valence-corrected chi connectivity index (χ3v) is 3.33. The highest BCUT2D eigenvalue weighted by atomic mass is 35.5. The molecule has 0 amide bonds. The summed E-state index contributed by atoms with van der Waals surface area (Å²) in [4.78, 5) is 0. The summed E-state index contributed by atoms with van der Waals surface area (Å²) in [5.41, 5.74) is 1.80. The predicted octanol–water partition coefficient (Wildman–Crippen LogP) is 4.85. The first-order valence-corrected chi connectivity index (χ1v) is 7.31. The van der Waals surface area contributed by atoms with E-state index in [2.05, 4.69) is 0 Å². The molecule has 0 aliphatic rings. The van der Waals surface area contributed by atoms with E-state index in [4.69, 9.17) is 26.3 Å². The molecule has 0 unspecified atom stereocenters. The van der Waals surface area contributed by atoms with Crippen molar-refractivity contribution >= 4 is 17.7 Å². The summed E-state index contributed by atoms with van der Waals surface area (Å²) in [6, 6.07) is 15.1. The molecule has 0 N–H and O–H groups in total. The minimum absolute atomic E-state index is 0.368. The van der Waals surface area contributed by atoms with Crippen molar-refractivity contribution in [2.75, 3.05) is 6.61 Å². The normalized spacial score (nSPS) is 10.4. The average molecular weight is 314 g/mol. The van der Waals surface area contributed by atoms with Gasteiger partial charge in [0, 0.05) is 16.7 Å². The maximum absolute atomic E-state index is 8.59. The van der Waals surface area contributed by atoms with Gasteiger partial charge in [-0.2, -0.15) is 5.26 Å². The Bertz CT molecular complexity index is 704. The van der Waals surface area contributed by atoms with Gasteiger partial charge in [-0.15, -0.1) is 0 Å². The van der Waals surface area contributed by atoms with E-state index in [1.54, 1.807) is 6.08 Å². The van der Waals surface area contributed by atoms with Gasteiger partial charge in [-0.25, -0.2) is 0 Å². The average Bonchev–Trinajstić information content (AvgIpc) is 2.53. The molecule has 2 aromatic rings. The van der Waals surface area contributed by atoms with Crippen molar-refractivity contribution in [3.05, 3.63) is 64.7 Å². The van der Waals surface area contributed by atoms with Crippen LogP contribution in [0.25, 0.3) is 6.08 Å². The van der Waals surface area contributed by atoms with E-state index in [0.29, 0.717) is 29.7 Å². The minimum Gasteiger partial charge on any atom is -0.490 e. The van der Waals surface area contributed by atoms with Crippen LogP contribution < -0.4 is 9.47 Å². The molecule has 0 spiro atoms. The molecule has 0 fully saturated rings. The molecule has 2 rings (SSSR count). The molecule has 0 aromatic heterocycles. The Morgan fingerprint density at radius 3 is 2.68 bits per heavy atom. The molecular formula is C18H16ClNO2. The predicted molar refractivity (Wildman–Crippen MR) is 88.0 cm³/mol. The Morgan fingerprint density at radius 1 is 1.14 bits per heavy atom. The Hall–Kier alpha value is -2.44. The molecule has 0 saturated heterocycles. The second-order valence-corrected chi connectivity index (χ2v) is 4.89. The second kappa shape index (κ2) is 8.11. The van der Waals surface area contributed by atoms with Crippen molar-refractivity contribution in [1.82, 2.24) is 0 Å². The van der Waals surface area contributed by atoms with Crippen molar-refractivity contribution in [2.24, 2.45) is 0 Å². The molecule has 0 atom stereocenters. The van der Waals surface area contributed by atoms with Crippen LogP contribution in [0.4, 0.5) is 0 Å². The fourth-order valence-corrected chi connectivity index (χ4v) is 2.11. The van der Waals surface area contributed by atoms with E-state index < -0.39 is 0 Å². The van der Waals surface area contributed by atoms with Gasteiger partial charge in [-0.3, -0.25) is 0 Å². The van der Waals surface area contributed by atoms with Crippen molar-refractivity contribution in [3.8, 4) is 17.6 Å². The smallest absolute Gasteiger partial charge is 0.161 e. The lowest BCUT2D eigenvalue weighted by molar-refractivity contribution is 0.269. The lowest BCUT2D eigenvalue weighted by Gasteiger charge is -2.13. The molecule has 112 valence electrons. The van der Waals surface area contributed by atoms with E-state index >= 15 is 0 Å². The highest BCUT2D eigenvalue weighted by molar-refractivity contribution is 6.31. The van der Waals surface area contributed by atoms with Gasteiger partial charge in [-0.1, -0.05) is 35.9 Å². The standard InChI is InChI=1S/C18H16ClNO2/c1-2-21-18-12-14(6-5-11-20)9-10-17(18)22-13-15-7-3-4-8-16(15)19/h3-10,12H,2,13H2,1H3/b6-5+. The number of rotatable bonds is 6. The quantitative estimate of drug-likeness (QED) is 0.716. The van der Waals surface area contributed by atoms with Crippen LogP contribution in [-0.2, 0) is 6.61 Å². The Kier molecular flexibility index (Phi) is 5.88. The van der Waals surface area contributed by atoms with E-state index in [-0.39, 0.29) is 0 Å².